The van der Waals surface area contributed by atoms with E-state index in [1.807, 2.05) is 45.0 Å². The highest BCUT2D eigenvalue weighted by molar-refractivity contribution is 5.81. The second kappa shape index (κ2) is 11.1. The van der Waals surface area contributed by atoms with E-state index in [1.54, 1.807) is 4.90 Å². The standard InChI is InChI=1S/C29H36N2O5/c1-18(2)12-20(13-27(32)33)14-30-28(34)25-16-31(15-19(25)3)29(35)36-17-26-23-10-6-4-8-21(23)22-9-5-7-11-24(22)26/h4-11,18-20,25-26H,12-17H2,1-3H3,(H,30,34)(H,32,33)/t19-,20+,25-/m1/s1. The topological polar surface area (TPSA) is 95.9 Å². The summed E-state index contributed by atoms with van der Waals surface area (Å²) in [5.74, 6) is -1.10. The molecule has 1 saturated heterocycles. The van der Waals surface area contributed by atoms with Crippen LogP contribution in [0, 0.1) is 23.7 Å². The molecule has 0 unspecified atom stereocenters. The minimum Gasteiger partial charge on any atom is -0.481 e. The molecule has 1 aliphatic carbocycles. The van der Waals surface area contributed by atoms with Crippen LogP contribution in [0.15, 0.2) is 48.5 Å². The Morgan fingerprint density at radius 2 is 1.64 bits per heavy atom. The van der Waals surface area contributed by atoms with Crippen molar-refractivity contribution in [3.63, 3.8) is 0 Å². The number of carbonyl (C=O) groups is 3. The first-order valence-electron chi connectivity index (χ1n) is 12.8. The zero-order chi connectivity index (χ0) is 25.8. The lowest BCUT2D eigenvalue weighted by molar-refractivity contribution is -0.138. The van der Waals surface area contributed by atoms with Crippen molar-refractivity contribution in [2.75, 3.05) is 26.2 Å². The summed E-state index contributed by atoms with van der Waals surface area (Å²) in [5.41, 5.74) is 4.69. The minimum absolute atomic E-state index is 0.00601. The van der Waals surface area contributed by atoms with E-state index in [0.717, 1.165) is 17.5 Å². The number of fused-ring (bicyclic) bond motifs is 3. The summed E-state index contributed by atoms with van der Waals surface area (Å²) in [6, 6.07) is 16.4. The molecule has 4 rings (SSSR count). The smallest absolute Gasteiger partial charge is 0.409 e. The molecule has 2 aliphatic rings. The summed E-state index contributed by atoms with van der Waals surface area (Å²) < 4.78 is 5.78. The fraction of sp³-hybridized carbons (Fsp3) is 0.483. The van der Waals surface area contributed by atoms with E-state index >= 15 is 0 Å². The number of carboxylic acid groups (broad SMARTS) is 1. The average molecular weight is 493 g/mol. The molecule has 2 amide bonds. The highest BCUT2D eigenvalue weighted by Gasteiger charge is 2.38. The summed E-state index contributed by atoms with van der Waals surface area (Å²) in [7, 11) is 0. The molecule has 1 heterocycles. The number of amides is 2. The zero-order valence-electron chi connectivity index (χ0n) is 21.3. The van der Waals surface area contributed by atoms with Crippen LogP contribution < -0.4 is 5.32 Å². The van der Waals surface area contributed by atoms with Gasteiger partial charge in [0.25, 0.3) is 0 Å². The van der Waals surface area contributed by atoms with Crippen LogP contribution in [0.1, 0.15) is 50.7 Å². The summed E-state index contributed by atoms with van der Waals surface area (Å²) in [6.45, 7) is 7.39. The number of likely N-dealkylation sites (tertiary alicyclic amines) is 1. The molecule has 0 radical (unpaired) electrons. The Hall–Kier alpha value is -3.35. The number of carboxylic acids is 1. The van der Waals surface area contributed by atoms with Crippen LogP contribution in [0.25, 0.3) is 11.1 Å². The Balaban J connectivity index is 1.33. The number of hydrogen-bond donors (Lipinski definition) is 2. The molecule has 0 saturated carbocycles. The quantitative estimate of drug-likeness (QED) is 0.526. The molecule has 2 aromatic rings. The summed E-state index contributed by atoms with van der Waals surface area (Å²) in [4.78, 5) is 38.7. The molecule has 0 bridgehead atoms. The Morgan fingerprint density at radius 1 is 1.03 bits per heavy atom. The summed E-state index contributed by atoms with van der Waals surface area (Å²) >= 11 is 0. The van der Waals surface area contributed by atoms with Crippen LogP contribution in [0.5, 0.6) is 0 Å². The second-order valence-electron chi connectivity index (χ2n) is 10.6. The predicted octanol–water partition coefficient (Wildman–Crippen LogP) is 4.76. The number of nitrogens with zero attached hydrogens (tertiary/aromatic N) is 1. The van der Waals surface area contributed by atoms with Crippen LogP contribution in [-0.2, 0) is 14.3 Å². The predicted molar refractivity (Wildman–Crippen MR) is 138 cm³/mol. The second-order valence-corrected chi connectivity index (χ2v) is 10.6. The first-order chi connectivity index (χ1) is 17.2. The van der Waals surface area contributed by atoms with Gasteiger partial charge in [-0.05, 0) is 46.4 Å². The third-order valence-electron chi connectivity index (χ3n) is 7.38. The maximum Gasteiger partial charge on any atom is 0.409 e. The van der Waals surface area contributed by atoms with E-state index in [9.17, 15) is 19.5 Å². The van der Waals surface area contributed by atoms with Gasteiger partial charge in [0.15, 0.2) is 0 Å². The largest absolute Gasteiger partial charge is 0.481 e. The molecular formula is C29H36N2O5. The highest BCUT2D eigenvalue weighted by atomic mass is 16.6. The molecule has 192 valence electrons. The van der Waals surface area contributed by atoms with Crippen molar-refractivity contribution in [3.8, 4) is 11.1 Å². The first kappa shape index (κ1) is 25.7. The number of rotatable bonds is 9. The van der Waals surface area contributed by atoms with Crippen LogP contribution in [0.4, 0.5) is 4.79 Å². The van der Waals surface area contributed by atoms with Gasteiger partial charge in [0.2, 0.25) is 5.91 Å². The van der Waals surface area contributed by atoms with Gasteiger partial charge in [-0.2, -0.15) is 0 Å². The lowest BCUT2D eigenvalue weighted by Crippen LogP contribution is -2.38. The van der Waals surface area contributed by atoms with Gasteiger partial charge in [0.05, 0.1) is 5.92 Å². The van der Waals surface area contributed by atoms with E-state index < -0.39 is 12.1 Å². The van der Waals surface area contributed by atoms with Gasteiger partial charge in [0, 0.05) is 32.0 Å². The van der Waals surface area contributed by atoms with Crippen molar-refractivity contribution in [2.24, 2.45) is 23.7 Å². The zero-order valence-corrected chi connectivity index (χ0v) is 21.3. The molecule has 36 heavy (non-hydrogen) atoms. The van der Waals surface area contributed by atoms with Crippen LogP contribution in [0.2, 0.25) is 0 Å². The molecule has 0 spiro atoms. The van der Waals surface area contributed by atoms with Crippen molar-refractivity contribution in [1.82, 2.24) is 10.2 Å². The van der Waals surface area contributed by atoms with Gasteiger partial charge in [-0.1, -0.05) is 69.3 Å². The lowest BCUT2D eigenvalue weighted by atomic mass is 9.93. The van der Waals surface area contributed by atoms with E-state index in [2.05, 4.69) is 29.6 Å². The third-order valence-corrected chi connectivity index (χ3v) is 7.38. The fourth-order valence-corrected chi connectivity index (χ4v) is 5.67. The van der Waals surface area contributed by atoms with E-state index in [0.29, 0.717) is 25.6 Å². The monoisotopic (exact) mass is 492 g/mol. The summed E-state index contributed by atoms with van der Waals surface area (Å²) in [5, 5.41) is 12.1. The molecule has 7 heteroatoms. The molecule has 1 fully saturated rings. The molecule has 1 aliphatic heterocycles. The Kier molecular flexibility index (Phi) is 7.97. The van der Waals surface area contributed by atoms with Crippen molar-refractivity contribution in [2.45, 2.75) is 39.5 Å². The Labute approximate surface area is 212 Å². The van der Waals surface area contributed by atoms with E-state index in [-0.39, 0.29) is 42.6 Å². The van der Waals surface area contributed by atoms with E-state index in [4.69, 9.17) is 4.74 Å². The summed E-state index contributed by atoms with van der Waals surface area (Å²) in [6.07, 6.45) is 0.367. The number of ether oxygens (including phenoxy) is 1. The van der Waals surface area contributed by atoms with Crippen molar-refractivity contribution < 1.29 is 24.2 Å². The SMILES string of the molecule is CC(C)C[C@H](CNC(=O)[C@@H]1CN(C(=O)OCC2c3ccccc3-c3ccccc32)C[C@H]1C)CC(=O)O. The number of hydrogen-bond acceptors (Lipinski definition) is 4. The van der Waals surface area contributed by atoms with Gasteiger partial charge in [-0.15, -0.1) is 0 Å². The average Bonchev–Trinajstić information content (AvgIpc) is 3.38. The maximum atomic E-state index is 13.0. The first-order valence-corrected chi connectivity index (χ1v) is 12.8. The van der Waals surface area contributed by atoms with Gasteiger partial charge < -0.3 is 20.1 Å². The lowest BCUT2D eigenvalue weighted by Gasteiger charge is -2.21. The Bertz CT molecular complexity index is 1070. The molecule has 2 N–H and O–H groups in total. The van der Waals surface area contributed by atoms with Gasteiger partial charge >= 0.3 is 12.1 Å². The molecule has 0 aromatic heterocycles. The molecule has 7 nitrogen and oxygen atoms in total. The van der Waals surface area contributed by atoms with Gasteiger partial charge in [-0.3, -0.25) is 9.59 Å². The number of nitrogens with one attached hydrogen (secondary N) is 1. The van der Waals surface area contributed by atoms with Crippen molar-refractivity contribution >= 4 is 18.0 Å². The van der Waals surface area contributed by atoms with Gasteiger partial charge in [0.1, 0.15) is 6.61 Å². The number of aliphatic carboxylic acids is 1. The normalized spacial score (nSPS) is 19.6. The molecular weight excluding hydrogens is 456 g/mol. The Morgan fingerprint density at radius 3 is 2.22 bits per heavy atom. The van der Waals surface area contributed by atoms with Crippen LogP contribution >= 0.6 is 0 Å². The van der Waals surface area contributed by atoms with Gasteiger partial charge in [-0.25, -0.2) is 4.79 Å². The van der Waals surface area contributed by atoms with Crippen molar-refractivity contribution in [1.29, 1.82) is 0 Å². The van der Waals surface area contributed by atoms with E-state index in [1.165, 1.54) is 11.1 Å². The minimum atomic E-state index is -0.856. The molecule has 3 atom stereocenters. The highest BCUT2D eigenvalue weighted by Crippen LogP contribution is 2.44. The fourth-order valence-electron chi connectivity index (χ4n) is 5.67. The third kappa shape index (κ3) is 5.72. The molecule has 2 aromatic carbocycles. The number of benzene rings is 2. The van der Waals surface area contributed by atoms with Crippen LogP contribution in [-0.4, -0.2) is 54.2 Å². The van der Waals surface area contributed by atoms with Crippen molar-refractivity contribution in [3.05, 3.63) is 59.7 Å². The van der Waals surface area contributed by atoms with Crippen LogP contribution in [0.3, 0.4) is 0 Å². The maximum absolute atomic E-state index is 13.0. The number of carbonyl (C=O) groups excluding carboxylic acids is 2.